The molecule has 0 heterocycles. The third-order valence-electron chi connectivity index (χ3n) is 6.18. The highest BCUT2D eigenvalue weighted by atomic mass is 19.4. The van der Waals surface area contributed by atoms with Crippen molar-refractivity contribution in [3.05, 3.63) is 24.3 Å². The zero-order valence-corrected chi connectivity index (χ0v) is 14.5. The van der Waals surface area contributed by atoms with Crippen molar-refractivity contribution in [2.24, 2.45) is 17.8 Å². The quantitative estimate of drug-likeness (QED) is 0.838. The Bertz CT molecular complexity index is 637. The van der Waals surface area contributed by atoms with Gasteiger partial charge in [-0.2, -0.15) is 0 Å². The number of carbonyl (C=O) groups excluding carboxylic acids is 1. The first kappa shape index (κ1) is 17.6. The highest BCUT2D eigenvalue weighted by Crippen LogP contribution is 2.54. The minimum absolute atomic E-state index is 0.120. The molecule has 5 rings (SSSR count). The van der Waals surface area contributed by atoms with Gasteiger partial charge in [0.05, 0.1) is 5.54 Å². The summed E-state index contributed by atoms with van der Waals surface area (Å²) in [5, 5.41) is 4.97. The zero-order valence-electron chi connectivity index (χ0n) is 14.5. The van der Waals surface area contributed by atoms with Gasteiger partial charge in [0.1, 0.15) is 5.75 Å². The van der Waals surface area contributed by atoms with E-state index in [1.165, 1.54) is 62.8 Å². The minimum Gasteiger partial charge on any atom is -0.406 e. The van der Waals surface area contributed by atoms with Gasteiger partial charge < -0.3 is 15.4 Å². The Morgan fingerprint density at radius 2 is 1.62 bits per heavy atom. The van der Waals surface area contributed by atoms with E-state index >= 15 is 0 Å². The molecule has 4 aliphatic rings. The number of halogens is 3. The molecule has 26 heavy (non-hydrogen) atoms. The summed E-state index contributed by atoms with van der Waals surface area (Å²) in [4.78, 5) is 12.3. The number of benzene rings is 1. The van der Waals surface area contributed by atoms with E-state index in [1.807, 2.05) is 0 Å². The Balaban J connectivity index is 1.29. The molecule has 0 aromatic heterocycles. The minimum atomic E-state index is -4.71. The third kappa shape index (κ3) is 3.98. The standard InChI is InChI=1S/C19H23F3N2O2/c20-19(21,22)26-16-3-1-15(2-4-16)24-17(25)11-23-18-8-12-5-13(9-18)7-14(6-12)10-18/h1-4,12-14,23H,5-11H2,(H,24,25)/p+1. The number of anilines is 1. The van der Waals surface area contributed by atoms with Gasteiger partial charge in [-0.25, -0.2) is 0 Å². The van der Waals surface area contributed by atoms with Crippen LogP contribution in [0.2, 0.25) is 0 Å². The van der Waals surface area contributed by atoms with Crippen molar-refractivity contribution >= 4 is 11.6 Å². The van der Waals surface area contributed by atoms with Crippen LogP contribution in [0.5, 0.6) is 5.75 Å². The topological polar surface area (TPSA) is 54.9 Å². The Morgan fingerprint density at radius 1 is 1.08 bits per heavy atom. The normalized spacial score (nSPS) is 32.5. The maximum atomic E-state index is 12.3. The van der Waals surface area contributed by atoms with Gasteiger partial charge in [-0.1, -0.05) is 0 Å². The number of hydrogen-bond donors (Lipinski definition) is 2. The monoisotopic (exact) mass is 369 g/mol. The number of nitrogens with two attached hydrogens (primary N) is 1. The molecule has 142 valence electrons. The van der Waals surface area contributed by atoms with Gasteiger partial charge in [0.25, 0.3) is 5.91 Å². The van der Waals surface area contributed by atoms with Crippen LogP contribution in [0.1, 0.15) is 38.5 Å². The van der Waals surface area contributed by atoms with Crippen molar-refractivity contribution in [2.45, 2.75) is 50.4 Å². The van der Waals surface area contributed by atoms with Crippen molar-refractivity contribution in [3.8, 4) is 5.75 Å². The Labute approximate surface area is 150 Å². The highest BCUT2D eigenvalue weighted by molar-refractivity contribution is 5.91. The molecule has 3 N–H and O–H groups in total. The van der Waals surface area contributed by atoms with Crippen LogP contribution >= 0.6 is 0 Å². The van der Waals surface area contributed by atoms with E-state index in [2.05, 4.69) is 15.4 Å². The van der Waals surface area contributed by atoms with Crippen LogP contribution in [-0.4, -0.2) is 24.4 Å². The van der Waals surface area contributed by atoms with Crippen molar-refractivity contribution in [3.63, 3.8) is 0 Å². The lowest BCUT2D eigenvalue weighted by Gasteiger charge is -2.54. The third-order valence-corrected chi connectivity index (χ3v) is 6.18. The van der Waals surface area contributed by atoms with Gasteiger partial charge in [-0.15, -0.1) is 13.2 Å². The van der Waals surface area contributed by atoms with Crippen molar-refractivity contribution in [1.29, 1.82) is 0 Å². The molecular weight excluding hydrogens is 345 g/mol. The zero-order chi connectivity index (χ0) is 18.4. The highest BCUT2D eigenvalue weighted by Gasteiger charge is 2.53. The van der Waals surface area contributed by atoms with Gasteiger partial charge in [0.2, 0.25) is 0 Å². The van der Waals surface area contributed by atoms with Gasteiger partial charge in [0, 0.05) is 24.9 Å². The Hall–Kier alpha value is -1.76. The summed E-state index contributed by atoms with van der Waals surface area (Å²) in [5.74, 6) is 2.09. The summed E-state index contributed by atoms with van der Waals surface area (Å²) in [6, 6.07) is 5.24. The fourth-order valence-electron chi connectivity index (χ4n) is 5.69. The predicted octanol–water partition coefficient (Wildman–Crippen LogP) is 3.06. The largest absolute Gasteiger partial charge is 0.573 e. The fraction of sp³-hybridized carbons (Fsp3) is 0.632. The molecule has 4 fully saturated rings. The van der Waals surface area contributed by atoms with Crippen LogP contribution in [0.4, 0.5) is 18.9 Å². The van der Waals surface area contributed by atoms with E-state index < -0.39 is 6.36 Å². The lowest BCUT2D eigenvalue weighted by molar-refractivity contribution is -0.729. The van der Waals surface area contributed by atoms with Crippen LogP contribution in [0.25, 0.3) is 0 Å². The summed E-state index contributed by atoms with van der Waals surface area (Å²) in [6.45, 7) is 0.354. The number of alkyl halides is 3. The molecule has 4 saturated carbocycles. The average Bonchev–Trinajstić information content (AvgIpc) is 2.52. The van der Waals surface area contributed by atoms with Crippen molar-refractivity contribution in [1.82, 2.24) is 0 Å². The molecule has 0 aliphatic heterocycles. The number of rotatable bonds is 5. The smallest absolute Gasteiger partial charge is 0.406 e. The number of hydrogen-bond acceptors (Lipinski definition) is 2. The van der Waals surface area contributed by atoms with Crippen molar-refractivity contribution in [2.75, 3.05) is 11.9 Å². The Morgan fingerprint density at radius 3 is 2.12 bits per heavy atom. The molecule has 4 nitrogen and oxygen atoms in total. The van der Waals surface area contributed by atoms with Gasteiger partial charge >= 0.3 is 6.36 Å². The first-order valence-electron chi connectivity index (χ1n) is 9.29. The first-order valence-corrected chi connectivity index (χ1v) is 9.29. The molecule has 0 spiro atoms. The van der Waals surface area contributed by atoms with E-state index in [1.54, 1.807) is 0 Å². The van der Waals surface area contributed by atoms with Crippen LogP contribution in [0.15, 0.2) is 24.3 Å². The molecule has 0 atom stereocenters. The van der Waals surface area contributed by atoms with Gasteiger partial charge in [0.15, 0.2) is 6.54 Å². The molecule has 4 bridgehead atoms. The van der Waals surface area contributed by atoms with E-state index in [4.69, 9.17) is 0 Å². The maximum absolute atomic E-state index is 12.3. The number of nitrogens with one attached hydrogen (secondary N) is 1. The Kier molecular flexibility index (Phi) is 4.37. The maximum Gasteiger partial charge on any atom is 0.573 e. The van der Waals surface area contributed by atoms with E-state index in [0.29, 0.717) is 12.2 Å². The van der Waals surface area contributed by atoms with Crippen LogP contribution in [0, 0.1) is 17.8 Å². The number of amides is 1. The van der Waals surface area contributed by atoms with E-state index in [-0.39, 0.29) is 17.2 Å². The summed E-state index contributed by atoms with van der Waals surface area (Å²) < 4.78 is 40.3. The van der Waals surface area contributed by atoms with Gasteiger partial charge in [-0.05, 0) is 61.3 Å². The number of ether oxygens (including phenoxy) is 1. The lowest BCUT2D eigenvalue weighted by atomic mass is 9.53. The fourth-order valence-corrected chi connectivity index (χ4v) is 5.69. The summed E-state index contributed by atoms with van der Waals surface area (Å²) in [7, 11) is 0. The molecule has 1 amide bonds. The summed E-state index contributed by atoms with van der Waals surface area (Å²) >= 11 is 0. The lowest BCUT2D eigenvalue weighted by Crippen LogP contribution is -3.00. The average molecular weight is 369 g/mol. The van der Waals surface area contributed by atoms with E-state index in [9.17, 15) is 18.0 Å². The summed E-state index contributed by atoms with van der Waals surface area (Å²) in [5.41, 5.74) is 0.708. The van der Waals surface area contributed by atoms with Crippen LogP contribution < -0.4 is 15.4 Å². The molecule has 0 saturated heterocycles. The second-order valence-electron chi connectivity index (χ2n) is 8.31. The summed E-state index contributed by atoms with van der Waals surface area (Å²) in [6.07, 6.45) is 3.04. The van der Waals surface area contributed by atoms with Gasteiger partial charge in [-0.3, -0.25) is 4.79 Å². The molecule has 0 radical (unpaired) electrons. The SMILES string of the molecule is O=C(C[NH2+]C12CC3CC(CC(C3)C1)C2)Nc1ccc(OC(F)(F)F)cc1. The first-order chi connectivity index (χ1) is 12.3. The number of carbonyl (C=O) groups is 1. The molecular formula is C19H24F3N2O2+. The molecule has 1 aromatic rings. The van der Waals surface area contributed by atoms with Crippen molar-refractivity contribution < 1.29 is 28.0 Å². The molecule has 1 aromatic carbocycles. The number of quaternary nitrogens is 1. The molecule has 0 unspecified atom stereocenters. The van der Waals surface area contributed by atoms with Crippen LogP contribution in [0.3, 0.4) is 0 Å². The van der Waals surface area contributed by atoms with E-state index in [0.717, 1.165) is 17.8 Å². The second kappa shape index (κ2) is 6.44. The second-order valence-corrected chi connectivity index (χ2v) is 8.31. The molecule has 4 aliphatic carbocycles. The predicted molar refractivity (Wildman–Crippen MR) is 89.5 cm³/mol. The molecule has 7 heteroatoms. The van der Waals surface area contributed by atoms with Crippen LogP contribution in [-0.2, 0) is 4.79 Å².